The average Bonchev–Trinajstić information content (AvgIpc) is 2.80. The van der Waals surface area contributed by atoms with E-state index in [-0.39, 0.29) is 0 Å². The lowest BCUT2D eigenvalue weighted by molar-refractivity contribution is -0.0258. The fourth-order valence-corrected chi connectivity index (χ4v) is 6.19. The van der Waals surface area contributed by atoms with Gasteiger partial charge in [-0.3, -0.25) is 0 Å². The van der Waals surface area contributed by atoms with Crippen LogP contribution in [-0.4, -0.2) is 36.2 Å². The van der Waals surface area contributed by atoms with Gasteiger partial charge in [-0.25, -0.2) is 0 Å². The molecule has 0 aliphatic carbocycles. The van der Waals surface area contributed by atoms with Gasteiger partial charge >= 0.3 is 0 Å². The molecule has 3 nitrogen and oxygen atoms in total. The number of benzene rings is 3. The molecule has 0 radical (unpaired) electrons. The largest absolute Gasteiger partial charge is 0.385 e. The van der Waals surface area contributed by atoms with Crippen LogP contribution in [0.25, 0.3) is 0 Å². The minimum atomic E-state index is -0.748. The summed E-state index contributed by atoms with van der Waals surface area (Å²) in [5.41, 5.74) is 2.72. The quantitative estimate of drug-likeness (QED) is 0.422. The third-order valence-electron chi connectivity index (χ3n) is 6.51. The van der Waals surface area contributed by atoms with Crippen LogP contribution in [0.4, 0.5) is 11.4 Å². The number of hydrogen-bond acceptors (Lipinski definition) is 4. The number of nitrogens with zero attached hydrogens (tertiary/aromatic N) is 2. The van der Waals surface area contributed by atoms with E-state index in [9.17, 15) is 5.11 Å². The summed E-state index contributed by atoms with van der Waals surface area (Å²) in [6.07, 6.45) is 2.55. The normalized spacial score (nSPS) is 17.7. The molecule has 1 N–H and O–H groups in total. The van der Waals surface area contributed by atoms with Crippen molar-refractivity contribution in [1.29, 1.82) is 0 Å². The van der Waals surface area contributed by atoms with Crippen LogP contribution >= 0.6 is 35.0 Å². The minimum absolute atomic E-state index is 0.705. The first-order chi connectivity index (χ1) is 15.5. The van der Waals surface area contributed by atoms with Crippen molar-refractivity contribution >= 4 is 46.3 Å². The molecule has 166 valence electrons. The number of para-hydroxylation sites is 1. The zero-order chi connectivity index (χ0) is 22.1. The van der Waals surface area contributed by atoms with Crippen molar-refractivity contribution in [3.8, 4) is 0 Å². The monoisotopic (exact) mass is 484 g/mol. The molecule has 0 saturated carbocycles. The van der Waals surface area contributed by atoms with Crippen molar-refractivity contribution in [1.82, 2.24) is 4.90 Å². The van der Waals surface area contributed by atoms with E-state index in [0.29, 0.717) is 5.02 Å². The molecule has 2 aliphatic rings. The van der Waals surface area contributed by atoms with Crippen molar-refractivity contribution in [2.24, 2.45) is 0 Å². The van der Waals surface area contributed by atoms with E-state index < -0.39 is 5.60 Å². The fourth-order valence-electron chi connectivity index (χ4n) is 4.70. The molecule has 32 heavy (non-hydrogen) atoms. The third-order valence-corrected chi connectivity index (χ3v) is 8.11. The van der Waals surface area contributed by atoms with Gasteiger partial charge < -0.3 is 14.9 Å². The molecule has 6 heteroatoms. The molecule has 0 bridgehead atoms. The molecule has 1 saturated heterocycles. The second-order valence-corrected chi connectivity index (χ2v) is 10.5. The van der Waals surface area contributed by atoms with Crippen LogP contribution in [0.3, 0.4) is 0 Å². The Balaban J connectivity index is 1.22. The van der Waals surface area contributed by atoms with Gasteiger partial charge in [-0.15, -0.1) is 0 Å². The Labute approximate surface area is 203 Å². The van der Waals surface area contributed by atoms with Crippen molar-refractivity contribution in [2.75, 3.05) is 31.1 Å². The second kappa shape index (κ2) is 9.28. The van der Waals surface area contributed by atoms with E-state index in [4.69, 9.17) is 23.2 Å². The van der Waals surface area contributed by atoms with Crippen LogP contribution in [0.5, 0.6) is 0 Å². The van der Waals surface area contributed by atoms with E-state index in [1.807, 2.05) is 30.3 Å². The van der Waals surface area contributed by atoms with Gasteiger partial charge in [0.1, 0.15) is 0 Å². The number of aliphatic hydroxyl groups is 1. The summed E-state index contributed by atoms with van der Waals surface area (Å²) < 4.78 is 0. The Morgan fingerprint density at radius 2 is 1.50 bits per heavy atom. The summed E-state index contributed by atoms with van der Waals surface area (Å²) in [5, 5.41) is 12.6. The lowest BCUT2D eigenvalue weighted by atomic mass is 9.84. The highest BCUT2D eigenvalue weighted by molar-refractivity contribution is 7.99. The average molecular weight is 485 g/mol. The Morgan fingerprint density at radius 3 is 2.28 bits per heavy atom. The summed E-state index contributed by atoms with van der Waals surface area (Å²) in [6, 6.07) is 22.4. The highest BCUT2D eigenvalue weighted by Gasteiger charge is 2.33. The zero-order valence-electron chi connectivity index (χ0n) is 17.8. The Morgan fingerprint density at radius 1 is 0.812 bits per heavy atom. The van der Waals surface area contributed by atoms with Crippen LogP contribution in [-0.2, 0) is 5.60 Å². The lowest BCUT2D eigenvalue weighted by Gasteiger charge is -2.39. The van der Waals surface area contributed by atoms with Crippen LogP contribution < -0.4 is 4.90 Å². The van der Waals surface area contributed by atoms with Gasteiger partial charge in [-0.1, -0.05) is 59.2 Å². The second-order valence-electron chi connectivity index (χ2n) is 8.57. The van der Waals surface area contributed by atoms with Crippen molar-refractivity contribution in [2.45, 2.75) is 34.7 Å². The Kier molecular flexibility index (Phi) is 6.42. The maximum atomic E-state index is 11.1. The number of halogens is 2. The number of fused-ring (bicyclic) bond motifs is 2. The van der Waals surface area contributed by atoms with Crippen molar-refractivity contribution in [3.05, 3.63) is 82.3 Å². The summed E-state index contributed by atoms with van der Waals surface area (Å²) in [6.45, 7) is 3.77. The number of anilines is 2. The number of likely N-dealkylation sites (tertiary alicyclic amines) is 1. The van der Waals surface area contributed by atoms with Crippen LogP contribution in [0.15, 0.2) is 76.5 Å². The summed E-state index contributed by atoms with van der Waals surface area (Å²) in [7, 11) is 0. The first-order valence-electron chi connectivity index (χ1n) is 11.1. The van der Waals surface area contributed by atoms with Crippen LogP contribution in [0, 0.1) is 0 Å². The summed E-state index contributed by atoms with van der Waals surface area (Å²) in [5.74, 6) is 0. The van der Waals surface area contributed by atoms with E-state index in [0.717, 1.165) is 56.0 Å². The van der Waals surface area contributed by atoms with E-state index >= 15 is 0 Å². The molecule has 2 heterocycles. The van der Waals surface area contributed by atoms with Gasteiger partial charge in [-0.2, -0.15) is 0 Å². The van der Waals surface area contributed by atoms with Gasteiger partial charge in [0.2, 0.25) is 0 Å². The van der Waals surface area contributed by atoms with E-state index in [1.165, 1.54) is 21.2 Å². The molecule has 1 fully saturated rings. The molecular formula is C26H26Cl2N2OS. The number of piperidine rings is 1. The van der Waals surface area contributed by atoms with Gasteiger partial charge in [0.05, 0.1) is 17.0 Å². The van der Waals surface area contributed by atoms with Crippen LogP contribution in [0.1, 0.15) is 24.8 Å². The fraction of sp³-hybridized carbons (Fsp3) is 0.308. The van der Waals surface area contributed by atoms with Gasteiger partial charge in [0.15, 0.2) is 0 Å². The first kappa shape index (κ1) is 22.1. The number of hydrogen-bond donors (Lipinski definition) is 1. The smallest absolute Gasteiger partial charge is 0.0920 e. The molecular weight excluding hydrogens is 459 g/mol. The summed E-state index contributed by atoms with van der Waals surface area (Å²) >= 11 is 14.1. The van der Waals surface area contributed by atoms with Crippen molar-refractivity contribution in [3.63, 3.8) is 0 Å². The van der Waals surface area contributed by atoms with E-state index in [1.54, 1.807) is 11.8 Å². The maximum Gasteiger partial charge on any atom is 0.0920 e. The van der Waals surface area contributed by atoms with Crippen LogP contribution in [0.2, 0.25) is 10.0 Å². The third kappa shape index (κ3) is 4.52. The molecule has 0 spiro atoms. The lowest BCUT2D eigenvalue weighted by Crippen LogP contribution is -2.43. The standard InChI is InChI=1S/C26H26Cl2N2OS/c27-20-8-6-19(7-9-20)26(31)12-16-29(17-13-26)14-3-15-30-22-4-1-2-5-24(22)32-25-18-21(28)10-11-23(25)30/h1-2,4-11,18,31H,3,12-17H2. The molecule has 3 aromatic carbocycles. The molecule has 2 aliphatic heterocycles. The Bertz CT molecular complexity index is 1100. The maximum absolute atomic E-state index is 11.1. The minimum Gasteiger partial charge on any atom is -0.385 e. The van der Waals surface area contributed by atoms with Gasteiger partial charge in [0, 0.05) is 39.5 Å². The predicted molar refractivity (Wildman–Crippen MR) is 135 cm³/mol. The predicted octanol–water partition coefficient (Wildman–Crippen LogP) is 6.97. The van der Waals surface area contributed by atoms with Gasteiger partial charge in [0.25, 0.3) is 0 Å². The molecule has 0 aromatic heterocycles. The molecule has 5 rings (SSSR count). The number of rotatable bonds is 5. The summed E-state index contributed by atoms with van der Waals surface area (Å²) in [4.78, 5) is 7.37. The molecule has 0 unspecified atom stereocenters. The zero-order valence-corrected chi connectivity index (χ0v) is 20.1. The van der Waals surface area contributed by atoms with Gasteiger partial charge in [-0.05, 0) is 73.8 Å². The SMILES string of the molecule is OC1(c2ccc(Cl)cc2)CCN(CCCN2c3ccccc3Sc3cc(Cl)ccc32)CC1. The van der Waals surface area contributed by atoms with E-state index in [2.05, 4.69) is 46.2 Å². The Hall–Kier alpha value is -1.69. The van der Waals surface area contributed by atoms with Crippen molar-refractivity contribution < 1.29 is 5.11 Å². The highest BCUT2D eigenvalue weighted by Crippen LogP contribution is 2.48. The molecule has 0 atom stereocenters. The topological polar surface area (TPSA) is 26.7 Å². The first-order valence-corrected chi connectivity index (χ1v) is 12.6. The molecule has 3 aromatic rings. The highest BCUT2D eigenvalue weighted by atomic mass is 35.5. The molecule has 0 amide bonds.